The van der Waals surface area contributed by atoms with Gasteiger partial charge in [0.1, 0.15) is 0 Å². The molecule has 2 saturated heterocycles. The summed E-state index contributed by atoms with van der Waals surface area (Å²) in [7, 11) is 0. The minimum atomic E-state index is -0.296. The van der Waals surface area contributed by atoms with Crippen LogP contribution < -0.4 is 10.6 Å². The number of rotatable bonds is 6. The first-order chi connectivity index (χ1) is 9.22. The summed E-state index contributed by atoms with van der Waals surface area (Å²) in [6.07, 6.45) is 6.52. The van der Waals surface area contributed by atoms with Gasteiger partial charge in [-0.3, -0.25) is 4.79 Å². The number of carbonyl (C=O) groups excluding carboxylic acids is 1. The molecule has 2 rings (SSSR count). The van der Waals surface area contributed by atoms with Gasteiger partial charge < -0.3 is 15.4 Å². The molecule has 3 unspecified atom stereocenters. The molecule has 2 N–H and O–H groups in total. The molecule has 2 heterocycles. The Morgan fingerprint density at radius 1 is 1.47 bits per heavy atom. The molecule has 0 bridgehead atoms. The van der Waals surface area contributed by atoms with Crippen LogP contribution in [0.4, 0.5) is 0 Å². The molecule has 0 aromatic heterocycles. The standard InChI is InChI=1S/C15H28N2O2/c1-3-7-15(8-5-9-17-15)14(18)16-11-12-6-10-19-13(12)4-2/h12-13,17H,3-11H2,1-2H3,(H,16,18). The van der Waals surface area contributed by atoms with Crippen LogP contribution in [0, 0.1) is 5.92 Å². The lowest BCUT2D eigenvalue weighted by atomic mass is 9.90. The van der Waals surface area contributed by atoms with Gasteiger partial charge >= 0.3 is 0 Å². The minimum absolute atomic E-state index is 0.202. The van der Waals surface area contributed by atoms with Crippen LogP contribution in [-0.2, 0) is 9.53 Å². The highest BCUT2D eigenvalue weighted by molar-refractivity contribution is 5.86. The highest BCUT2D eigenvalue weighted by atomic mass is 16.5. The largest absolute Gasteiger partial charge is 0.378 e. The van der Waals surface area contributed by atoms with E-state index in [1.165, 1.54) is 0 Å². The van der Waals surface area contributed by atoms with Crippen LogP contribution in [0.1, 0.15) is 52.4 Å². The Hall–Kier alpha value is -0.610. The molecule has 0 saturated carbocycles. The molecule has 0 aromatic carbocycles. The predicted molar refractivity (Wildman–Crippen MR) is 76.0 cm³/mol. The Kier molecular flexibility index (Phi) is 5.22. The van der Waals surface area contributed by atoms with Gasteiger partial charge in [0.15, 0.2) is 0 Å². The zero-order chi connectivity index (χ0) is 13.7. The molecule has 1 amide bonds. The third-order valence-corrected chi connectivity index (χ3v) is 4.63. The second-order valence-electron chi connectivity index (χ2n) is 5.94. The zero-order valence-corrected chi connectivity index (χ0v) is 12.3. The van der Waals surface area contributed by atoms with Crippen molar-refractivity contribution >= 4 is 5.91 Å². The topological polar surface area (TPSA) is 50.4 Å². The molecule has 110 valence electrons. The van der Waals surface area contributed by atoms with Crippen molar-refractivity contribution < 1.29 is 9.53 Å². The summed E-state index contributed by atoms with van der Waals surface area (Å²) in [5.74, 6) is 0.697. The van der Waals surface area contributed by atoms with Crippen molar-refractivity contribution in [3.63, 3.8) is 0 Å². The van der Waals surface area contributed by atoms with Gasteiger partial charge in [-0.2, -0.15) is 0 Å². The highest BCUT2D eigenvalue weighted by Gasteiger charge is 2.40. The fraction of sp³-hybridized carbons (Fsp3) is 0.933. The molecule has 0 aliphatic carbocycles. The number of amides is 1. The molecular formula is C15H28N2O2. The Balaban J connectivity index is 1.85. The lowest BCUT2D eigenvalue weighted by Gasteiger charge is -2.29. The van der Waals surface area contributed by atoms with Crippen LogP contribution in [0.5, 0.6) is 0 Å². The van der Waals surface area contributed by atoms with E-state index in [0.29, 0.717) is 12.0 Å². The van der Waals surface area contributed by atoms with Gasteiger partial charge in [-0.15, -0.1) is 0 Å². The van der Waals surface area contributed by atoms with E-state index in [0.717, 1.165) is 58.2 Å². The van der Waals surface area contributed by atoms with Crippen molar-refractivity contribution in [1.29, 1.82) is 0 Å². The van der Waals surface area contributed by atoms with E-state index in [1.54, 1.807) is 0 Å². The predicted octanol–water partition coefficient (Wildman–Crippen LogP) is 1.84. The lowest BCUT2D eigenvalue weighted by Crippen LogP contribution is -2.54. The fourth-order valence-electron chi connectivity index (χ4n) is 3.52. The summed E-state index contributed by atoms with van der Waals surface area (Å²) < 4.78 is 5.68. The summed E-state index contributed by atoms with van der Waals surface area (Å²) in [5, 5.41) is 6.60. The molecule has 2 aliphatic heterocycles. The summed E-state index contributed by atoms with van der Waals surface area (Å²) in [5.41, 5.74) is -0.296. The van der Waals surface area contributed by atoms with Gasteiger partial charge in [0.05, 0.1) is 11.6 Å². The van der Waals surface area contributed by atoms with Crippen LogP contribution in [0.25, 0.3) is 0 Å². The van der Waals surface area contributed by atoms with E-state index in [2.05, 4.69) is 24.5 Å². The molecule has 4 nitrogen and oxygen atoms in total. The summed E-state index contributed by atoms with van der Waals surface area (Å²) >= 11 is 0. The van der Waals surface area contributed by atoms with Crippen LogP contribution in [-0.4, -0.2) is 37.2 Å². The van der Waals surface area contributed by atoms with Crippen molar-refractivity contribution in [3.8, 4) is 0 Å². The Morgan fingerprint density at radius 3 is 2.95 bits per heavy atom. The molecule has 2 aliphatic rings. The van der Waals surface area contributed by atoms with E-state index in [9.17, 15) is 4.79 Å². The maximum Gasteiger partial charge on any atom is 0.240 e. The quantitative estimate of drug-likeness (QED) is 0.773. The number of carbonyl (C=O) groups is 1. The van der Waals surface area contributed by atoms with Crippen molar-refractivity contribution in [1.82, 2.24) is 10.6 Å². The molecule has 3 atom stereocenters. The van der Waals surface area contributed by atoms with Crippen LogP contribution in [0.2, 0.25) is 0 Å². The monoisotopic (exact) mass is 268 g/mol. The number of hydrogen-bond acceptors (Lipinski definition) is 3. The summed E-state index contributed by atoms with van der Waals surface area (Å²) in [6.45, 7) is 6.88. The number of hydrogen-bond donors (Lipinski definition) is 2. The highest BCUT2D eigenvalue weighted by Crippen LogP contribution is 2.26. The van der Waals surface area contributed by atoms with E-state index in [4.69, 9.17) is 4.74 Å². The van der Waals surface area contributed by atoms with E-state index in [-0.39, 0.29) is 11.4 Å². The maximum absolute atomic E-state index is 12.5. The van der Waals surface area contributed by atoms with Gasteiger partial charge in [0, 0.05) is 19.1 Å². The molecular weight excluding hydrogens is 240 g/mol. The molecule has 0 radical (unpaired) electrons. The first kappa shape index (κ1) is 14.8. The number of nitrogens with one attached hydrogen (secondary N) is 2. The molecule has 0 aromatic rings. The SMILES string of the molecule is CCCC1(C(=O)NCC2CCOC2CC)CCCN1. The third kappa shape index (κ3) is 3.29. The minimum Gasteiger partial charge on any atom is -0.378 e. The van der Waals surface area contributed by atoms with Gasteiger partial charge in [-0.1, -0.05) is 20.3 Å². The smallest absolute Gasteiger partial charge is 0.240 e. The van der Waals surface area contributed by atoms with E-state index >= 15 is 0 Å². The lowest BCUT2D eigenvalue weighted by molar-refractivity contribution is -0.127. The second-order valence-corrected chi connectivity index (χ2v) is 5.94. The molecule has 4 heteroatoms. The fourth-order valence-corrected chi connectivity index (χ4v) is 3.52. The first-order valence-electron chi connectivity index (χ1n) is 7.87. The first-order valence-corrected chi connectivity index (χ1v) is 7.87. The maximum atomic E-state index is 12.5. The average Bonchev–Trinajstić information content (AvgIpc) is 3.05. The van der Waals surface area contributed by atoms with Crippen LogP contribution in [0.3, 0.4) is 0 Å². The second kappa shape index (κ2) is 6.71. The normalized spacial score (nSPS) is 34.6. The number of ether oxygens (including phenoxy) is 1. The van der Waals surface area contributed by atoms with Crippen molar-refractivity contribution in [2.24, 2.45) is 5.92 Å². The van der Waals surface area contributed by atoms with Crippen molar-refractivity contribution in [2.45, 2.75) is 64.0 Å². The molecule has 0 spiro atoms. The Bertz CT molecular complexity index is 301. The summed E-state index contributed by atoms with van der Waals surface area (Å²) in [4.78, 5) is 12.5. The van der Waals surface area contributed by atoms with Gasteiger partial charge in [-0.05, 0) is 38.6 Å². The van der Waals surface area contributed by atoms with Crippen molar-refractivity contribution in [3.05, 3.63) is 0 Å². The Morgan fingerprint density at radius 2 is 2.32 bits per heavy atom. The van der Waals surface area contributed by atoms with Gasteiger partial charge in [0.25, 0.3) is 0 Å². The summed E-state index contributed by atoms with van der Waals surface area (Å²) in [6, 6.07) is 0. The van der Waals surface area contributed by atoms with Crippen LogP contribution in [0.15, 0.2) is 0 Å². The average molecular weight is 268 g/mol. The van der Waals surface area contributed by atoms with Gasteiger partial charge in [0.2, 0.25) is 5.91 Å². The third-order valence-electron chi connectivity index (χ3n) is 4.63. The Labute approximate surface area is 116 Å². The zero-order valence-electron chi connectivity index (χ0n) is 12.3. The van der Waals surface area contributed by atoms with Crippen LogP contribution >= 0.6 is 0 Å². The van der Waals surface area contributed by atoms with E-state index < -0.39 is 0 Å². The molecule has 19 heavy (non-hydrogen) atoms. The van der Waals surface area contributed by atoms with E-state index in [1.807, 2.05) is 0 Å². The van der Waals surface area contributed by atoms with Crippen molar-refractivity contribution in [2.75, 3.05) is 19.7 Å². The van der Waals surface area contributed by atoms with Gasteiger partial charge in [-0.25, -0.2) is 0 Å². The molecule has 2 fully saturated rings.